The molecule has 6 heteroatoms. The van der Waals surface area contributed by atoms with Gasteiger partial charge in [0.15, 0.2) is 0 Å². The first-order chi connectivity index (χ1) is 9.32. The van der Waals surface area contributed by atoms with E-state index in [1.54, 1.807) is 12.1 Å². The van der Waals surface area contributed by atoms with Crippen molar-refractivity contribution in [3.63, 3.8) is 0 Å². The van der Waals surface area contributed by atoms with Crippen molar-refractivity contribution in [2.45, 2.75) is 6.92 Å². The summed E-state index contributed by atoms with van der Waals surface area (Å²) in [4.78, 5) is 37.3. The van der Waals surface area contributed by atoms with Gasteiger partial charge in [0.1, 0.15) is 11.3 Å². The van der Waals surface area contributed by atoms with Crippen molar-refractivity contribution in [1.29, 1.82) is 0 Å². The molecule has 0 bridgehead atoms. The van der Waals surface area contributed by atoms with E-state index in [1.165, 1.54) is 26.2 Å². The van der Waals surface area contributed by atoms with Crippen molar-refractivity contribution >= 4 is 23.9 Å². The zero-order chi connectivity index (χ0) is 15.0. The molecule has 0 radical (unpaired) electrons. The van der Waals surface area contributed by atoms with E-state index in [0.29, 0.717) is 5.56 Å². The highest BCUT2D eigenvalue weighted by atomic mass is 16.3. The minimum absolute atomic E-state index is 0.0362. The van der Waals surface area contributed by atoms with Gasteiger partial charge in [-0.3, -0.25) is 19.4 Å². The lowest BCUT2D eigenvalue weighted by Gasteiger charge is -2.28. The minimum Gasteiger partial charge on any atom is -0.507 e. The van der Waals surface area contributed by atoms with Crippen LogP contribution in [0.4, 0.5) is 4.79 Å². The molecule has 1 aromatic carbocycles. The van der Waals surface area contributed by atoms with Gasteiger partial charge in [0.2, 0.25) is 0 Å². The van der Waals surface area contributed by atoms with Crippen LogP contribution in [0.15, 0.2) is 23.8 Å². The zero-order valence-corrected chi connectivity index (χ0v) is 11.4. The number of benzene rings is 1. The number of phenolic OH excluding ortho intramolecular Hbond substituents is 1. The summed E-state index contributed by atoms with van der Waals surface area (Å²) < 4.78 is 0. The van der Waals surface area contributed by atoms with Gasteiger partial charge in [-0.15, -0.1) is 0 Å². The van der Waals surface area contributed by atoms with Crippen LogP contribution in [0.3, 0.4) is 0 Å². The minimum atomic E-state index is -0.681. The number of barbiturate groups is 1. The van der Waals surface area contributed by atoms with Crippen LogP contribution in [0.2, 0.25) is 0 Å². The Hall–Kier alpha value is -2.63. The smallest absolute Gasteiger partial charge is 0.333 e. The highest BCUT2D eigenvalue weighted by Crippen LogP contribution is 2.24. The monoisotopic (exact) mass is 274 g/mol. The first-order valence-corrected chi connectivity index (χ1v) is 5.94. The fraction of sp³-hybridized carbons (Fsp3) is 0.214. The number of hydrogen-bond acceptors (Lipinski definition) is 4. The van der Waals surface area contributed by atoms with E-state index in [9.17, 15) is 19.5 Å². The largest absolute Gasteiger partial charge is 0.507 e. The Labute approximate surface area is 115 Å². The molecule has 0 atom stereocenters. The topological polar surface area (TPSA) is 77.9 Å². The molecule has 6 nitrogen and oxygen atoms in total. The van der Waals surface area contributed by atoms with Crippen LogP contribution in [0.1, 0.15) is 11.1 Å². The molecule has 20 heavy (non-hydrogen) atoms. The molecule has 104 valence electrons. The van der Waals surface area contributed by atoms with E-state index in [0.717, 1.165) is 15.4 Å². The summed E-state index contributed by atoms with van der Waals surface area (Å²) >= 11 is 0. The summed E-state index contributed by atoms with van der Waals surface area (Å²) in [6, 6.07) is 4.17. The lowest BCUT2D eigenvalue weighted by atomic mass is 10.0. The van der Waals surface area contributed by atoms with Gasteiger partial charge in [0.25, 0.3) is 11.8 Å². The molecule has 1 aromatic rings. The van der Waals surface area contributed by atoms with Crippen molar-refractivity contribution in [2.75, 3.05) is 14.1 Å². The average molecular weight is 274 g/mol. The molecule has 4 amide bonds. The van der Waals surface area contributed by atoms with Crippen molar-refractivity contribution in [2.24, 2.45) is 0 Å². The van der Waals surface area contributed by atoms with Crippen LogP contribution < -0.4 is 0 Å². The highest BCUT2D eigenvalue weighted by Gasteiger charge is 2.37. The number of imide groups is 2. The Morgan fingerprint density at radius 1 is 1.05 bits per heavy atom. The summed E-state index contributed by atoms with van der Waals surface area (Å²) in [5, 5.41) is 9.76. The molecule has 1 aliphatic rings. The number of carbonyl (C=O) groups excluding carboxylic acids is 3. The molecule has 1 fully saturated rings. The maximum Gasteiger partial charge on any atom is 0.333 e. The predicted molar refractivity (Wildman–Crippen MR) is 71.8 cm³/mol. The van der Waals surface area contributed by atoms with E-state index in [4.69, 9.17) is 0 Å². The summed E-state index contributed by atoms with van der Waals surface area (Å²) in [6.45, 7) is 1.83. The number of nitrogens with zero attached hydrogens (tertiary/aromatic N) is 2. The molecule has 0 spiro atoms. The lowest BCUT2D eigenvalue weighted by molar-refractivity contribution is -0.134. The molecule has 0 aromatic heterocycles. The van der Waals surface area contributed by atoms with Crippen LogP contribution in [0.25, 0.3) is 6.08 Å². The number of rotatable bonds is 1. The summed E-state index contributed by atoms with van der Waals surface area (Å²) in [5.74, 6) is -1.40. The molecular weight excluding hydrogens is 260 g/mol. The Morgan fingerprint density at radius 2 is 1.60 bits per heavy atom. The second-order valence-corrected chi connectivity index (χ2v) is 4.63. The van der Waals surface area contributed by atoms with E-state index in [-0.39, 0.29) is 11.3 Å². The van der Waals surface area contributed by atoms with E-state index in [2.05, 4.69) is 0 Å². The van der Waals surface area contributed by atoms with Gasteiger partial charge in [-0.25, -0.2) is 4.79 Å². The lowest BCUT2D eigenvalue weighted by Crippen LogP contribution is -2.52. The third-order valence-corrected chi connectivity index (χ3v) is 3.13. The Kier molecular flexibility index (Phi) is 3.31. The van der Waals surface area contributed by atoms with Crippen molar-refractivity contribution in [3.05, 3.63) is 34.9 Å². The van der Waals surface area contributed by atoms with Gasteiger partial charge in [0.05, 0.1) is 0 Å². The Bertz CT molecular complexity index is 623. The van der Waals surface area contributed by atoms with Crippen LogP contribution in [-0.2, 0) is 9.59 Å². The van der Waals surface area contributed by atoms with Gasteiger partial charge in [-0.2, -0.15) is 0 Å². The molecule has 1 N–H and O–H groups in total. The maximum absolute atomic E-state index is 12.0. The highest BCUT2D eigenvalue weighted by molar-refractivity contribution is 6.30. The molecule has 0 aliphatic carbocycles. The summed E-state index contributed by atoms with van der Waals surface area (Å²) in [6.07, 6.45) is 1.30. The second-order valence-electron chi connectivity index (χ2n) is 4.63. The number of likely N-dealkylation sites (N-methyl/N-ethyl adjacent to an activating group) is 2. The summed E-state index contributed by atoms with van der Waals surface area (Å²) in [7, 11) is 2.61. The fourth-order valence-corrected chi connectivity index (χ4v) is 1.92. The standard InChI is InChI=1S/C14H14N2O4/c1-8-4-5-11(17)9(6-8)7-10-12(18)15(2)14(20)16(3)13(10)19/h4-7,17H,1-3H3. The molecule has 0 unspecified atom stereocenters. The van der Waals surface area contributed by atoms with Gasteiger partial charge in [-0.1, -0.05) is 11.6 Å². The van der Waals surface area contributed by atoms with Gasteiger partial charge >= 0.3 is 6.03 Å². The molecule has 1 saturated heterocycles. The number of phenols is 1. The van der Waals surface area contributed by atoms with Crippen molar-refractivity contribution < 1.29 is 19.5 Å². The number of carbonyl (C=O) groups is 3. The SMILES string of the molecule is Cc1ccc(O)c(C=C2C(=O)N(C)C(=O)N(C)C2=O)c1. The molecule has 2 rings (SSSR count). The second kappa shape index (κ2) is 4.80. The number of amides is 4. The number of urea groups is 1. The van der Waals surface area contributed by atoms with E-state index < -0.39 is 17.8 Å². The van der Waals surface area contributed by atoms with E-state index in [1.807, 2.05) is 6.92 Å². The predicted octanol–water partition coefficient (Wildman–Crippen LogP) is 1.13. The van der Waals surface area contributed by atoms with Crippen LogP contribution in [-0.4, -0.2) is 46.8 Å². The Balaban J connectivity index is 2.52. The molecular formula is C14H14N2O4. The number of hydrogen-bond donors (Lipinski definition) is 1. The van der Waals surface area contributed by atoms with Crippen LogP contribution in [0.5, 0.6) is 5.75 Å². The zero-order valence-electron chi connectivity index (χ0n) is 11.4. The third-order valence-electron chi connectivity index (χ3n) is 3.13. The number of aromatic hydroxyl groups is 1. The maximum atomic E-state index is 12.0. The van der Waals surface area contributed by atoms with Crippen LogP contribution >= 0.6 is 0 Å². The first-order valence-electron chi connectivity index (χ1n) is 5.94. The Morgan fingerprint density at radius 3 is 2.15 bits per heavy atom. The van der Waals surface area contributed by atoms with Crippen molar-refractivity contribution in [1.82, 2.24) is 9.80 Å². The summed E-state index contributed by atoms with van der Waals surface area (Å²) in [5.41, 5.74) is 1.08. The van der Waals surface area contributed by atoms with Gasteiger partial charge in [-0.05, 0) is 25.1 Å². The van der Waals surface area contributed by atoms with Crippen LogP contribution in [0, 0.1) is 6.92 Å². The fourth-order valence-electron chi connectivity index (χ4n) is 1.92. The first kappa shape index (κ1) is 13.8. The molecule has 0 saturated carbocycles. The third kappa shape index (κ3) is 2.16. The van der Waals surface area contributed by atoms with Gasteiger partial charge in [0, 0.05) is 19.7 Å². The van der Waals surface area contributed by atoms with E-state index >= 15 is 0 Å². The quantitative estimate of drug-likeness (QED) is 0.615. The number of aryl methyl sites for hydroxylation is 1. The average Bonchev–Trinajstić information content (AvgIpc) is 2.43. The van der Waals surface area contributed by atoms with Crippen molar-refractivity contribution in [3.8, 4) is 5.75 Å². The molecule has 1 aliphatic heterocycles. The van der Waals surface area contributed by atoms with Gasteiger partial charge < -0.3 is 5.11 Å². The normalized spacial score (nSPS) is 15.9. The molecule has 1 heterocycles.